The van der Waals surface area contributed by atoms with Gasteiger partial charge >= 0.3 is 0 Å². The van der Waals surface area contributed by atoms with Gasteiger partial charge in [0.1, 0.15) is 5.75 Å². The molecule has 0 atom stereocenters. The minimum Gasteiger partial charge on any atom is -0.699 e. The quantitative estimate of drug-likeness (QED) is 0.765. The number of allylic oxidation sites excluding steroid dienone is 1. The van der Waals surface area contributed by atoms with Crippen LogP contribution >= 0.6 is 0 Å². The Morgan fingerprint density at radius 2 is 1.85 bits per heavy atom. The fraction of sp³-hybridized carbons (Fsp3) is 0.200. The minimum absolute atomic E-state index is 0. The zero-order valence-corrected chi connectivity index (χ0v) is 12.6. The molecular weight excluding hydrogens is 377 g/mol. The molecule has 2 nitrogen and oxygen atoms in total. The van der Waals surface area contributed by atoms with Gasteiger partial charge < -0.3 is 10.5 Å². The second-order valence-electron chi connectivity index (χ2n) is 2.43. The van der Waals surface area contributed by atoms with Crippen LogP contribution in [0.4, 0.5) is 0 Å². The van der Waals surface area contributed by atoms with Crippen LogP contribution in [0.15, 0.2) is 30.3 Å². The van der Waals surface area contributed by atoms with Crippen molar-refractivity contribution in [3.63, 3.8) is 0 Å². The zero-order valence-electron chi connectivity index (χ0n) is 7.87. The summed E-state index contributed by atoms with van der Waals surface area (Å²) in [5.74, 6) is 0.822. The third kappa shape index (κ3) is 3.70. The fourth-order valence-electron chi connectivity index (χ4n) is 0.937. The average molecular weight is 389 g/mol. The van der Waals surface area contributed by atoms with E-state index in [-0.39, 0.29) is 44.1 Å². The van der Waals surface area contributed by atoms with Gasteiger partial charge in [0.05, 0.1) is 7.11 Å². The van der Waals surface area contributed by atoms with Crippen LogP contribution in [0.2, 0.25) is 0 Å². The summed E-state index contributed by atoms with van der Waals surface area (Å²) in [6.07, 6.45) is 1.77. The van der Waals surface area contributed by atoms with Crippen molar-refractivity contribution in [2.75, 3.05) is 7.11 Å². The van der Waals surface area contributed by atoms with Gasteiger partial charge in [0.15, 0.2) is 0 Å². The second kappa shape index (κ2) is 6.45. The standard InChI is InChI=1S/C10H12NO.Ac/c1-3-10(11)8-4-6-9(12-2)7-5-8;/h3-7,11H,1-2H3;/q-1;/b10-3-;. The maximum absolute atomic E-state index is 7.51. The predicted octanol–water partition coefficient (Wildman–Crippen LogP) is 3.11. The van der Waals surface area contributed by atoms with Crippen LogP contribution in [0.3, 0.4) is 0 Å². The Morgan fingerprint density at radius 3 is 2.23 bits per heavy atom. The molecule has 3 heteroatoms. The molecular formula is C10H12AcNO-. The third-order valence-electron chi connectivity index (χ3n) is 1.69. The first-order valence-corrected chi connectivity index (χ1v) is 3.80. The molecule has 0 aliphatic rings. The molecule has 1 rings (SSSR count). The molecule has 0 amide bonds. The summed E-state index contributed by atoms with van der Waals surface area (Å²) in [7, 11) is 1.63. The second-order valence-corrected chi connectivity index (χ2v) is 2.43. The average Bonchev–Trinajstić information content (AvgIpc) is 2.17. The predicted molar refractivity (Wildman–Crippen MR) is 51.0 cm³/mol. The van der Waals surface area contributed by atoms with Gasteiger partial charge in [-0.1, -0.05) is 12.1 Å². The Balaban J connectivity index is 0.00000144. The van der Waals surface area contributed by atoms with E-state index < -0.39 is 0 Å². The number of rotatable bonds is 2. The van der Waals surface area contributed by atoms with Crippen molar-refractivity contribution in [1.82, 2.24) is 0 Å². The van der Waals surface area contributed by atoms with Crippen molar-refractivity contribution in [2.45, 2.75) is 6.92 Å². The van der Waals surface area contributed by atoms with Gasteiger partial charge in [0, 0.05) is 44.1 Å². The molecule has 1 aromatic rings. The minimum atomic E-state index is 0. The zero-order chi connectivity index (χ0) is 8.97. The number of ether oxygens (including phenoxy) is 1. The molecule has 13 heavy (non-hydrogen) atoms. The summed E-state index contributed by atoms with van der Waals surface area (Å²) >= 11 is 0. The molecule has 0 aliphatic heterocycles. The van der Waals surface area contributed by atoms with Crippen LogP contribution in [-0.2, 0) is 0 Å². The monoisotopic (exact) mass is 389 g/mol. The molecule has 0 spiro atoms. The van der Waals surface area contributed by atoms with Crippen molar-refractivity contribution in [3.8, 4) is 5.75 Å². The smallest absolute Gasteiger partial charge is 0.118 e. The summed E-state index contributed by atoms with van der Waals surface area (Å²) < 4.78 is 5.00. The summed E-state index contributed by atoms with van der Waals surface area (Å²) in [6.45, 7) is 1.85. The molecule has 0 fully saturated rings. The van der Waals surface area contributed by atoms with Gasteiger partial charge in [-0.25, -0.2) is 0 Å². The molecule has 1 N–H and O–H groups in total. The fourth-order valence-corrected chi connectivity index (χ4v) is 0.937. The van der Waals surface area contributed by atoms with E-state index in [1.165, 1.54) is 0 Å². The Bertz CT molecular complexity index is 279. The van der Waals surface area contributed by atoms with E-state index in [9.17, 15) is 0 Å². The van der Waals surface area contributed by atoms with Gasteiger partial charge in [-0.05, 0) is 24.6 Å². The van der Waals surface area contributed by atoms with E-state index in [0.29, 0.717) is 5.70 Å². The van der Waals surface area contributed by atoms with Crippen molar-refractivity contribution >= 4 is 5.70 Å². The van der Waals surface area contributed by atoms with Gasteiger partial charge in [-0.15, -0.1) is 11.8 Å². The summed E-state index contributed by atoms with van der Waals surface area (Å²) in [6, 6.07) is 7.46. The molecule has 67 valence electrons. The van der Waals surface area contributed by atoms with E-state index in [4.69, 9.17) is 10.5 Å². The third-order valence-corrected chi connectivity index (χ3v) is 1.69. The summed E-state index contributed by atoms with van der Waals surface area (Å²) in [5, 5.41) is 0. The van der Waals surface area contributed by atoms with Crippen molar-refractivity contribution in [3.05, 3.63) is 41.6 Å². The molecule has 0 saturated carbocycles. The maximum atomic E-state index is 7.51. The molecule has 0 unspecified atom stereocenters. The van der Waals surface area contributed by atoms with Gasteiger partial charge in [0.2, 0.25) is 0 Å². The van der Waals surface area contributed by atoms with E-state index in [0.717, 1.165) is 11.3 Å². The van der Waals surface area contributed by atoms with Crippen LogP contribution in [0, 0.1) is 44.1 Å². The number of benzene rings is 1. The van der Waals surface area contributed by atoms with Crippen LogP contribution in [0.1, 0.15) is 12.5 Å². The van der Waals surface area contributed by atoms with Gasteiger partial charge in [0.25, 0.3) is 0 Å². The van der Waals surface area contributed by atoms with Crippen molar-refractivity contribution in [1.29, 1.82) is 0 Å². The van der Waals surface area contributed by atoms with Gasteiger partial charge in [-0.2, -0.15) is 0 Å². The molecule has 0 aromatic heterocycles. The van der Waals surface area contributed by atoms with Crippen LogP contribution in [0.25, 0.3) is 11.4 Å². The normalized spacial score (nSPS) is 10.5. The molecule has 1 aromatic carbocycles. The maximum Gasteiger partial charge on any atom is 0.118 e. The number of nitrogens with one attached hydrogen (secondary N) is 1. The van der Waals surface area contributed by atoms with E-state index in [1.54, 1.807) is 13.2 Å². The SMILES string of the molecule is C/C=C(\[NH-])c1ccc(OC)cc1.[Ac]. The van der Waals surface area contributed by atoms with E-state index >= 15 is 0 Å². The number of hydrogen-bond donors (Lipinski definition) is 0. The van der Waals surface area contributed by atoms with Gasteiger partial charge in [-0.3, -0.25) is 0 Å². The van der Waals surface area contributed by atoms with Crippen molar-refractivity contribution in [2.24, 2.45) is 0 Å². The largest absolute Gasteiger partial charge is 0.699 e. The van der Waals surface area contributed by atoms with E-state index in [2.05, 4.69) is 0 Å². The number of methoxy groups -OCH3 is 1. The van der Waals surface area contributed by atoms with Crippen LogP contribution in [0.5, 0.6) is 5.75 Å². The first kappa shape index (κ1) is 13.0. The van der Waals surface area contributed by atoms with Crippen molar-refractivity contribution < 1.29 is 48.8 Å². The Hall–Kier alpha value is 0.00156. The Morgan fingerprint density at radius 1 is 1.31 bits per heavy atom. The molecule has 0 saturated heterocycles. The first-order valence-electron chi connectivity index (χ1n) is 3.80. The Kier molecular flexibility index (Phi) is 6.46. The van der Waals surface area contributed by atoms with E-state index in [1.807, 2.05) is 31.2 Å². The number of hydrogen-bond acceptors (Lipinski definition) is 1. The molecule has 0 aliphatic carbocycles. The van der Waals surface area contributed by atoms with Crippen LogP contribution < -0.4 is 4.74 Å². The topological polar surface area (TPSA) is 33.0 Å². The summed E-state index contributed by atoms with van der Waals surface area (Å²) in [5.41, 5.74) is 8.96. The van der Waals surface area contributed by atoms with Crippen LogP contribution in [-0.4, -0.2) is 7.11 Å². The molecule has 0 heterocycles. The first-order chi connectivity index (χ1) is 5.77. The molecule has 0 bridgehead atoms. The Labute approximate surface area is 115 Å². The molecule has 1 radical (unpaired) electrons. The summed E-state index contributed by atoms with van der Waals surface area (Å²) in [4.78, 5) is 0.